The van der Waals surface area contributed by atoms with E-state index >= 15 is 0 Å². The van der Waals surface area contributed by atoms with E-state index in [1.54, 1.807) is 6.08 Å². The molecular formula is C18H13ClN2OS. The van der Waals surface area contributed by atoms with Crippen LogP contribution in [0.3, 0.4) is 0 Å². The zero-order valence-electron chi connectivity index (χ0n) is 12.1. The third-order valence-corrected chi connectivity index (χ3v) is 4.11. The molecular weight excluding hydrogens is 328 g/mol. The number of hydrogen-bond donors (Lipinski definition) is 1. The summed E-state index contributed by atoms with van der Waals surface area (Å²) >= 11 is 7.26. The van der Waals surface area contributed by atoms with E-state index in [0.717, 1.165) is 16.8 Å². The number of benzene rings is 2. The summed E-state index contributed by atoms with van der Waals surface area (Å²) < 4.78 is 0. The molecule has 0 aliphatic heterocycles. The van der Waals surface area contributed by atoms with Crippen LogP contribution in [0.5, 0.6) is 0 Å². The highest BCUT2D eigenvalue weighted by molar-refractivity contribution is 7.14. The van der Waals surface area contributed by atoms with Crippen LogP contribution in [-0.2, 0) is 4.79 Å². The molecule has 1 aromatic heterocycles. The molecule has 114 valence electrons. The Labute approximate surface area is 143 Å². The van der Waals surface area contributed by atoms with Crippen LogP contribution in [-0.4, -0.2) is 10.9 Å². The smallest absolute Gasteiger partial charge is 0.250 e. The van der Waals surface area contributed by atoms with Gasteiger partial charge in [0.2, 0.25) is 5.91 Å². The summed E-state index contributed by atoms with van der Waals surface area (Å²) in [5.74, 6) is -0.203. The Morgan fingerprint density at radius 3 is 2.57 bits per heavy atom. The van der Waals surface area contributed by atoms with Gasteiger partial charge in [0.15, 0.2) is 5.13 Å². The number of carbonyl (C=O) groups excluding carboxylic acids is 1. The first-order valence-corrected chi connectivity index (χ1v) is 8.22. The SMILES string of the molecule is O=C(C=Cc1ccccc1)Nc1nc(-c2ccc(Cl)cc2)cs1. The second-order valence-corrected chi connectivity index (χ2v) is 6.07. The lowest BCUT2D eigenvalue weighted by molar-refractivity contribution is -0.111. The number of hydrogen-bond acceptors (Lipinski definition) is 3. The van der Waals surface area contributed by atoms with Crippen molar-refractivity contribution in [3.63, 3.8) is 0 Å². The number of aromatic nitrogens is 1. The van der Waals surface area contributed by atoms with Crippen LogP contribution in [0.4, 0.5) is 5.13 Å². The van der Waals surface area contributed by atoms with Gasteiger partial charge in [0.25, 0.3) is 0 Å². The highest BCUT2D eigenvalue weighted by Gasteiger charge is 2.06. The van der Waals surface area contributed by atoms with Gasteiger partial charge in [-0.2, -0.15) is 0 Å². The second kappa shape index (κ2) is 7.22. The number of halogens is 1. The number of thiazole rings is 1. The maximum atomic E-state index is 11.9. The summed E-state index contributed by atoms with van der Waals surface area (Å²) in [5, 5.41) is 5.92. The van der Waals surface area contributed by atoms with Gasteiger partial charge in [-0.3, -0.25) is 10.1 Å². The van der Waals surface area contributed by atoms with Gasteiger partial charge in [-0.25, -0.2) is 4.98 Å². The lowest BCUT2D eigenvalue weighted by Crippen LogP contribution is -2.07. The minimum Gasteiger partial charge on any atom is -0.298 e. The number of anilines is 1. The summed E-state index contributed by atoms with van der Waals surface area (Å²) in [6.45, 7) is 0. The van der Waals surface area contributed by atoms with Crippen molar-refractivity contribution in [1.29, 1.82) is 0 Å². The van der Waals surface area contributed by atoms with Crippen LogP contribution in [0.25, 0.3) is 17.3 Å². The number of nitrogens with one attached hydrogen (secondary N) is 1. The van der Waals surface area contributed by atoms with Gasteiger partial charge >= 0.3 is 0 Å². The Kier molecular flexibility index (Phi) is 4.86. The molecule has 0 spiro atoms. The quantitative estimate of drug-likeness (QED) is 0.670. The van der Waals surface area contributed by atoms with E-state index in [9.17, 15) is 4.79 Å². The van der Waals surface area contributed by atoms with Crippen molar-refractivity contribution >= 4 is 40.1 Å². The van der Waals surface area contributed by atoms with Crippen LogP contribution >= 0.6 is 22.9 Å². The van der Waals surface area contributed by atoms with E-state index in [1.807, 2.05) is 60.0 Å². The van der Waals surface area contributed by atoms with E-state index in [-0.39, 0.29) is 5.91 Å². The molecule has 0 unspecified atom stereocenters. The maximum absolute atomic E-state index is 11.9. The van der Waals surface area contributed by atoms with E-state index in [0.29, 0.717) is 10.2 Å². The standard InChI is InChI=1S/C18H13ClN2OS/c19-15-9-7-14(8-10-15)16-12-23-18(20-16)21-17(22)11-6-13-4-2-1-3-5-13/h1-12H,(H,20,21,22). The first-order chi connectivity index (χ1) is 11.2. The van der Waals surface area contributed by atoms with Gasteiger partial charge in [0, 0.05) is 22.0 Å². The molecule has 2 aromatic carbocycles. The predicted molar refractivity (Wildman–Crippen MR) is 96.7 cm³/mol. The van der Waals surface area contributed by atoms with Gasteiger partial charge < -0.3 is 0 Å². The summed E-state index contributed by atoms with van der Waals surface area (Å²) in [6, 6.07) is 17.1. The summed E-state index contributed by atoms with van der Waals surface area (Å²) in [5.41, 5.74) is 2.75. The number of carbonyl (C=O) groups is 1. The van der Waals surface area contributed by atoms with Crippen molar-refractivity contribution < 1.29 is 4.79 Å². The average Bonchev–Trinajstić information content (AvgIpc) is 3.03. The van der Waals surface area contributed by atoms with Crippen molar-refractivity contribution in [3.05, 3.63) is 76.6 Å². The third-order valence-electron chi connectivity index (χ3n) is 3.10. The molecule has 0 aliphatic rings. The Hall–Kier alpha value is -2.43. The minimum absolute atomic E-state index is 0.203. The lowest BCUT2D eigenvalue weighted by Gasteiger charge is -1.97. The van der Waals surface area contributed by atoms with Gasteiger partial charge in [0.05, 0.1) is 5.69 Å². The number of amides is 1. The molecule has 1 amide bonds. The van der Waals surface area contributed by atoms with Crippen LogP contribution in [0.1, 0.15) is 5.56 Å². The molecule has 0 saturated heterocycles. The molecule has 23 heavy (non-hydrogen) atoms. The fraction of sp³-hybridized carbons (Fsp3) is 0. The topological polar surface area (TPSA) is 42.0 Å². The second-order valence-electron chi connectivity index (χ2n) is 4.78. The summed E-state index contributed by atoms with van der Waals surface area (Å²) in [6.07, 6.45) is 3.27. The third kappa shape index (κ3) is 4.28. The molecule has 3 nitrogen and oxygen atoms in total. The Morgan fingerprint density at radius 1 is 1.09 bits per heavy atom. The predicted octanol–water partition coefficient (Wildman–Crippen LogP) is 5.12. The molecule has 1 heterocycles. The molecule has 1 N–H and O–H groups in total. The molecule has 3 rings (SSSR count). The fourth-order valence-electron chi connectivity index (χ4n) is 1.97. The Balaban J connectivity index is 1.66. The van der Waals surface area contributed by atoms with Gasteiger partial charge in [-0.15, -0.1) is 11.3 Å². The largest absolute Gasteiger partial charge is 0.298 e. The van der Waals surface area contributed by atoms with Crippen LogP contribution in [0, 0.1) is 0 Å². The van der Waals surface area contributed by atoms with Gasteiger partial charge in [-0.1, -0.05) is 54.1 Å². The van der Waals surface area contributed by atoms with Crippen molar-refractivity contribution in [3.8, 4) is 11.3 Å². The minimum atomic E-state index is -0.203. The number of nitrogens with zero attached hydrogens (tertiary/aromatic N) is 1. The highest BCUT2D eigenvalue weighted by Crippen LogP contribution is 2.25. The van der Waals surface area contributed by atoms with Crippen LogP contribution in [0.15, 0.2) is 66.1 Å². The first-order valence-electron chi connectivity index (χ1n) is 6.96. The highest BCUT2D eigenvalue weighted by atomic mass is 35.5. The van der Waals surface area contributed by atoms with E-state index in [2.05, 4.69) is 10.3 Å². The molecule has 0 fully saturated rings. The summed E-state index contributed by atoms with van der Waals surface area (Å²) in [7, 11) is 0. The molecule has 3 aromatic rings. The van der Waals surface area contributed by atoms with E-state index in [4.69, 9.17) is 11.6 Å². The van der Waals surface area contributed by atoms with E-state index < -0.39 is 0 Å². The summed E-state index contributed by atoms with van der Waals surface area (Å²) in [4.78, 5) is 16.3. The van der Waals surface area contributed by atoms with Crippen LogP contribution < -0.4 is 5.32 Å². The van der Waals surface area contributed by atoms with Crippen molar-refractivity contribution in [2.75, 3.05) is 5.32 Å². The normalized spacial score (nSPS) is 10.8. The molecule has 0 radical (unpaired) electrons. The van der Waals surface area contributed by atoms with Crippen molar-refractivity contribution in [2.45, 2.75) is 0 Å². The maximum Gasteiger partial charge on any atom is 0.250 e. The van der Waals surface area contributed by atoms with Crippen molar-refractivity contribution in [2.24, 2.45) is 0 Å². The van der Waals surface area contributed by atoms with E-state index in [1.165, 1.54) is 17.4 Å². The number of rotatable bonds is 4. The molecule has 0 atom stereocenters. The zero-order chi connectivity index (χ0) is 16.1. The Morgan fingerprint density at radius 2 is 1.83 bits per heavy atom. The molecule has 0 bridgehead atoms. The van der Waals surface area contributed by atoms with Gasteiger partial charge in [0.1, 0.15) is 0 Å². The van der Waals surface area contributed by atoms with Gasteiger partial charge in [-0.05, 0) is 23.8 Å². The molecule has 0 aliphatic carbocycles. The van der Waals surface area contributed by atoms with Crippen molar-refractivity contribution in [1.82, 2.24) is 4.98 Å². The Bertz CT molecular complexity index is 826. The average molecular weight is 341 g/mol. The first kappa shape index (κ1) is 15.5. The fourth-order valence-corrected chi connectivity index (χ4v) is 2.82. The lowest BCUT2D eigenvalue weighted by atomic mass is 10.2. The molecule has 5 heteroatoms. The van der Waals surface area contributed by atoms with Crippen LogP contribution in [0.2, 0.25) is 5.02 Å². The zero-order valence-corrected chi connectivity index (χ0v) is 13.6. The molecule has 0 saturated carbocycles. The monoisotopic (exact) mass is 340 g/mol.